The van der Waals surface area contributed by atoms with Crippen LogP contribution >= 0.6 is 32.0 Å². The zero-order valence-corrected chi connectivity index (χ0v) is 22.7. The van der Waals surface area contributed by atoms with E-state index >= 15 is 0 Å². The molecule has 1 aromatic heterocycles. The van der Waals surface area contributed by atoms with Gasteiger partial charge in [0.15, 0.2) is 0 Å². The number of rotatable bonds is 3. The number of aromatic nitrogens is 1. The van der Waals surface area contributed by atoms with Gasteiger partial charge in [-0.1, -0.05) is 51.4 Å². The normalized spacial score (nSPS) is 28.8. The summed E-state index contributed by atoms with van der Waals surface area (Å²) in [6.07, 6.45) is 9.71. The molecular formula is C23H42Cl2MnN6S-4. The van der Waals surface area contributed by atoms with Crippen LogP contribution in [-0.4, -0.2) is 54.5 Å². The maximum Gasteiger partial charge on any atom is 0 e. The number of hydrogen-bond acceptors (Lipinski definition) is 3. The minimum absolute atomic E-state index is 0. The first-order valence-electron chi connectivity index (χ1n) is 12.1. The Hall–Kier alpha value is 0.399. The van der Waals surface area contributed by atoms with Crippen LogP contribution < -0.4 is 5.73 Å². The Labute approximate surface area is 223 Å². The number of pyridine rings is 1. The van der Waals surface area contributed by atoms with Crippen molar-refractivity contribution >= 4 is 32.0 Å². The predicted molar refractivity (Wildman–Crippen MR) is 145 cm³/mol. The van der Waals surface area contributed by atoms with E-state index in [1.807, 2.05) is 0 Å². The fraction of sp³-hybridized carbons (Fsp3) is 0.783. The monoisotopic (exact) mass is 559 g/mol. The Kier molecular flexibility index (Phi) is 13.7. The number of nitrogens with two attached hydrogens (primary N) is 1. The summed E-state index contributed by atoms with van der Waals surface area (Å²) < 4.78 is 0. The number of nitrogens with zero attached hydrogens (tertiary/aromatic N) is 5. The number of thioether (sulfide) groups is 1. The van der Waals surface area contributed by atoms with Crippen LogP contribution in [0.4, 0.5) is 0 Å². The van der Waals surface area contributed by atoms with Crippen molar-refractivity contribution in [1.82, 2.24) is 4.98 Å². The average Bonchev–Trinajstić information content (AvgIpc) is 2.84. The van der Waals surface area contributed by atoms with Gasteiger partial charge in [0.2, 0.25) is 0 Å². The Morgan fingerprint density at radius 2 is 1.27 bits per heavy atom. The van der Waals surface area contributed by atoms with E-state index in [-0.39, 0.29) is 17.4 Å². The Morgan fingerprint density at radius 1 is 0.848 bits per heavy atom. The van der Waals surface area contributed by atoms with Gasteiger partial charge in [-0.25, -0.2) is 0 Å². The molecule has 33 heavy (non-hydrogen) atoms. The molecule has 0 aromatic carbocycles. The van der Waals surface area contributed by atoms with Gasteiger partial charge in [0.05, 0.1) is 0 Å². The van der Waals surface area contributed by atoms with E-state index in [0.717, 1.165) is 43.1 Å². The fourth-order valence-corrected chi connectivity index (χ4v) is 5.74. The first-order chi connectivity index (χ1) is 16.2. The van der Waals surface area contributed by atoms with Crippen LogP contribution in [0.3, 0.4) is 0 Å². The van der Waals surface area contributed by atoms with Crippen molar-refractivity contribution in [2.75, 3.05) is 25.4 Å². The van der Waals surface area contributed by atoms with Crippen molar-refractivity contribution < 1.29 is 17.4 Å². The molecule has 10 heteroatoms. The van der Waals surface area contributed by atoms with Crippen LogP contribution in [0.25, 0.3) is 21.3 Å². The first kappa shape index (κ1) is 28.0. The summed E-state index contributed by atoms with van der Waals surface area (Å²) in [6.45, 7) is 3.72. The second-order valence-electron chi connectivity index (χ2n) is 8.81. The molecule has 2 bridgehead atoms. The van der Waals surface area contributed by atoms with Gasteiger partial charge in [-0.15, -0.1) is 24.9 Å². The van der Waals surface area contributed by atoms with Crippen molar-refractivity contribution in [1.29, 1.82) is 0 Å². The number of hydrogen-bond donors (Lipinski definition) is 1. The molecule has 4 atom stereocenters. The van der Waals surface area contributed by atoms with Crippen LogP contribution in [-0.2, 0) is 26.2 Å². The third-order valence-corrected chi connectivity index (χ3v) is 7.49. The SMILES string of the molecule is NCCSc1cc2nc(c1)C[N-][C@@H]1CCCC[C@H]1[N-]CC[N-]C1CCCCC1[N-]C2.[Cl][Mn][Cl].[HH].[HH].[HH]. The summed E-state index contributed by atoms with van der Waals surface area (Å²) in [7, 11) is 9.59. The summed E-state index contributed by atoms with van der Waals surface area (Å²) >= 11 is 1.81. The van der Waals surface area contributed by atoms with E-state index < -0.39 is 0 Å². The molecule has 2 saturated carbocycles. The van der Waals surface area contributed by atoms with Crippen LogP contribution in [0.15, 0.2) is 17.0 Å². The maximum atomic E-state index is 5.74. The molecule has 1 aliphatic heterocycles. The van der Waals surface area contributed by atoms with Crippen molar-refractivity contribution in [3.05, 3.63) is 44.8 Å². The third kappa shape index (κ3) is 9.76. The van der Waals surface area contributed by atoms with E-state index in [9.17, 15) is 0 Å². The van der Waals surface area contributed by atoms with Crippen LogP contribution in [0.1, 0.15) is 67.0 Å². The molecule has 6 nitrogen and oxygen atoms in total. The molecule has 3 aliphatic rings. The van der Waals surface area contributed by atoms with Crippen molar-refractivity contribution in [3.8, 4) is 0 Å². The molecule has 2 heterocycles. The van der Waals surface area contributed by atoms with Gasteiger partial charge in [-0.2, -0.15) is 37.3 Å². The summed E-state index contributed by atoms with van der Waals surface area (Å²) in [6, 6.07) is 5.78. The summed E-state index contributed by atoms with van der Waals surface area (Å²) in [4.78, 5) is 6.18. The van der Waals surface area contributed by atoms with Gasteiger partial charge < -0.3 is 27.0 Å². The Morgan fingerprint density at radius 3 is 1.70 bits per heavy atom. The summed E-state index contributed by atoms with van der Waals surface area (Å²) in [5.74, 6) is 0.921. The van der Waals surface area contributed by atoms with E-state index in [1.54, 1.807) is 11.8 Å². The second kappa shape index (κ2) is 16.2. The summed E-state index contributed by atoms with van der Waals surface area (Å²) in [5.41, 5.74) is 7.86. The first-order valence-corrected chi connectivity index (χ1v) is 16.3. The number of fused-ring (bicyclic) bond motifs is 4. The quantitative estimate of drug-likeness (QED) is 0.309. The second-order valence-corrected chi connectivity index (χ2v) is 11.9. The molecule has 2 unspecified atom stereocenters. The van der Waals surface area contributed by atoms with Gasteiger partial charge in [0.1, 0.15) is 0 Å². The van der Waals surface area contributed by atoms with E-state index in [0.29, 0.717) is 43.8 Å². The minimum atomic E-state index is 0. The largest absolute Gasteiger partial charge is 0 e. The molecule has 195 valence electrons. The molecule has 0 amide bonds. The van der Waals surface area contributed by atoms with E-state index in [2.05, 4.69) is 12.1 Å². The van der Waals surface area contributed by atoms with E-state index in [1.165, 1.54) is 43.4 Å². The van der Waals surface area contributed by atoms with Crippen LogP contribution in [0.5, 0.6) is 0 Å². The van der Waals surface area contributed by atoms with Gasteiger partial charge in [-0.05, 0) is 12.1 Å². The zero-order chi connectivity index (χ0) is 23.3. The van der Waals surface area contributed by atoms with E-state index in [4.69, 9.17) is 52.2 Å². The molecule has 1 aromatic rings. The Bertz CT molecular complexity index is 655. The van der Waals surface area contributed by atoms with Gasteiger partial charge >= 0.3 is 33.3 Å². The molecule has 2 fully saturated rings. The van der Waals surface area contributed by atoms with Crippen molar-refractivity contribution in [2.45, 2.75) is 93.5 Å². The van der Waals surface area contributed by atoms with Crippen LogP contribution in [0, 0.1) is 0 Å². The standard InChI is InChI=1S/C23H36N6S.2ClH.Mn.3H2/c24-9-12-30-19-13-17-15-27-22-7-3-1-5-20(22)25-10-11-26-21-6-2-4-8-23(21)28-16-18(14-19)29-17;;;;;;/h13-14,20-23H,1-12,15-16,24H2;2*1H;;3*1H/q-4;;;+2;;;/p-2/t20-,21?,22-,23?;;;;;;/m1....../s1. The molecule has 0 radical (unpaired) electrons. The Balaban J connectivity index is 0.00000195. The molecule has 0 saturated heterocycles. The molecular weight excluding hydrogens is 518 g/mol. The fourth-order valence-electron chi connectivity index (χ4n) is 4.95. The van der Waals surface area contributed by atoms with Gasteiger partial charge in [0.25, 0.3) is 0 Å². The average molecular weight is 561 g/mol. The molecule has 2 aliphatic carbocycles. The molecule has 4 rings (SSSR count). The summed E-state index contributed by atoms with van der Waals surface area (Å²) in [5, 5.41) is 20.2. The predicted octanol–water partition coefficient (Wildman–Crippen LogP) is 7.38. The van der Waals surface area contributed by atoms with Crippen molar-refractivity contribution in [2.24, 2.45) is 5.73 Å². The maximum absolute atomic E-state index is 5.74. The molecule has 2 N–H and O–H groups in total. The van der Waals surface area contributed by atoms with Gasteiger partial charge in [0, 0.05) is 32.9 Å². The minimum Gasteiger partial charge on any atom is 0 e. The van der Waals surface area contributed by atoms with Crippen LogP contribution in [0.2, 0.25) is 0 Å². The smallest absolute Gasteiger partial charge is 0 e. The third-order valence-electron chi connectivity index (χ3n) is 6.48. The zero-order valence-electron chi connectivity index (χ0n) is 19.2. The van der Waals surface area contributed by atoms with Gasteiger partial charge in [-0.3, -0.25) is 4.98 Å². The topological polar surface area (TPSA) is 95.3 Å². The van der Waals surface area contributed by atoms with Crippen molar-refractivity contribution in [3.63, 3.8) is 0 Å². The number of halogens is 2. The molecule has 0 spiro atoms.